The molecule has 1 aromatic carbocycles. The number of rotatable bonds is 5. The lowest BCUT2D eigenvalue weighted by molar-refractivity contribution is 0.102. The molecule has 2 heterocycles. The normalized spacial score (nSPS) is 10.6. The summed E-state index contributed by atoms with van der Waals surface area (Å²) in [6, 6.07) is 13.3. The van der Waals surface area contributed by atoms with Gasteiger partial charge in [0.25, 0.3) is 0 Å². The topological polar surface area (TPSA) is 111 Å². The molecule has 3 aromatic rings. The summed E-state index contributed by atoms with van der Waals surface area (Å²) in [6.45, 7) is 3.89. The minimum atomic E-state index is -0.0480. The average Bonchev–Trinajstić information content (AvgIpc) is 2.94. The molecule has 2 aromatic heterocycles. The molecule has 3 rings (SSSR count). The van der Waals surface area contributed by atoms with Crippen LogP contribution in [-0.2, 0) is 0 Å². The Morgan fingerprint density at radius 3 is 2.57 bits per heavy atom. The van der Waals surface area contributed by atoms with E-state index in [9.17, 15) is 10.1 Å². The predicted octanol–water partition coefficient (Wildman–Crippen LogP) is 4.26. The minimum Gasteiger partial charge on any atom is -0.397 e. The maximum atomic E-state index is 12.8. The van der Waals surface area contributed by atoms with Gasteiger partial charge in [0.05, 0.1) is 11.4 Å². The van der Waals surface area contributed by atoms with Gasteiger partial charge in [0.2, 0.25) is 0 Å². The van der Waals surface area contributed by atoms with Crippen molar-refractivity contribution in [3.8, 4) is 11.8 Å². The molecule has 0 aliphatic carbocycles. The first-order valence-electron chi connectivity index (χ1n) is 8.38. The first-order chi connectivity index (χ1) is 13.3. The standard InChI is InChI=1S/C20H18BrN5OS/c1-11-7-15(12(2)26(11)14-5-3-13(21)4-6-14)18(27)10-28-20-16(9-22)17(23)8-19(24)25-20/h3-8H,10H2,1-2H3,(H4,23,24,25). The Hall–Kier alpha value is -2.76. The fourth-order valence-corrected chi connectivity index (χ4v) is 4.19. The van der Waals surface area contributed by atoms with Crippen LogP contribution in [-0.4, -0.2) is 21.1 Å². The highest BCUT2D eigenvalue weighted by molar-refractivity contribution is 9.10. The molecule has 4 N–H and O–H groups in total. The van der Waals surface area contributed by atoms with Crippen LogP contribution in [0.3, 0.4) is 0 Å². The Kier molecular flexibility index (Phi) is 5.77. The number of ketones is 1. The molecule has 0 amide bonds. The maximum absolute atomic E-state index is 12.8. The molecule has 0 atom stereocenters. The summed E-state index contributed by atoms with van der Waals surface area (Å²) >= 11 is 4.60. The summed E-state index contributed by atoms with van der Waals surface area (Å²) in [7, 11) is 0. The fraction of sp³-hybridized carbons (Fsp3) is 0.150. The Morgan fingerprint density at radius 2 is 1.93 bits per heavy atom. The van der Waals surface area contributed by atoms with Gasteiger partial charge in [-0.2, -0.15) is 5.26 Å². The number of nitriles is 1. The second kappa shape index (κ2) is 8.09. The third kappa shape index (κ3) is 3.91. The van der Waals surface area contributed by atoms with E-state index in [4.69, 9.17) is 11.5 Å². The minimum absolute atomic E-state index is 0.0480. The van der Waals surface area contributed by atoms with Gasteiger partial charge in [-0.15, -0.1) is 0 Å². The van der Waals surface area contributed by atoms with Crippen molar-refractivity contribution in [2.45, 2.75) is 18.9 Å². The average molecular weight is 456 g/mol. The number of hydrogen-bond donors (Lipinski definition) is 2. The third-order valence-corrected chi connectivity index (χ3v) is 5.81. The number of hydrogen-bond acceptors (Lipinski definition) is 6. The van der Waals surface area contributed by atoms with Crippen LogP contribution in [0.2, 0.25) is 0 Å². The zero-order valence-electron chi connectivity index (χ0n) is 15.4. The van der Waals surface area contributed by atoms with E-state index in [1.165, 1.54) is 17.8 Å². The van der Waals surface area contributed by atoms with E-state index in [0.717, 1.165) is 21.5 Å². The summed E-state index contributed by atoms with van der Waals surface area (Å²) in [6.07, 6.45) is 0. The second-order valence-electron chi connectivity index (χ2n) is 6.24. The Labute approximate surface area is 175 Å². The van der Waals surface area contributed by atoms with E-state index < -0.39 is 0 Å². The number of carbonyl (C=O) groups is 1. The van der Waals surface area contributed by atoms with E-state index in [2.05, 4.69) is 20.9 Å². The van der Waals surface area contributed by atoms with E-state index >= 15 is 0 Å². The van der Waals surface area contributed by atoms with Crippen molar-refractivity contribution < 1.29 is 4.79 Å². The highest BCUT2D eigenvalue weighted by Crippen LogP contribution is 2.28. The van der Waals surface area contributed by atoms with E-state index in [1.54, 1.807) is 0 Å². The largest absolute Gasteiger partial charge is 0.397 e. The lowest BCUT2D eigenvalue weighted by Gasteiger charge is -2.10. The van der Waals surface area contributed by atoms with Crippen LogP contribution in [0.15, 0.2) is 45.9 Å². The molecular weight excluding hydrogens is 438 g/mol. The van der Waals surface area contributed by atoms with Crippen LogP contribution in [0.5, 0.6) is 0 Å². The fourth-order valence-electron chi connectivity index (χ4n) is 3.02. The lowest BCUT2D eigenvalue weighted by Crippen LogP contribution is -2.07. The molecule has 0 fully saturated rings. The van der Waals surface area contributed by atoms with Gasteiger partial charge in [0.15, 0.2) is 5.78 Å². The Balaban J connectivity index is 1.86. The predicted molar refractivity (Wildman–Crippen MR) is 116 cm³/mol. The van der Waals surface area contributed by atoms with E-state index in [0.29, 0.717) is 10.6 Å². The number of nitrogen functional groups attached to an aromatic ring is 2. The number of aromatic nitrogens is 2. The van der Waals surface area contributed by atoms with Crippen LogP contribution in [0.4, 0.5) is 11.5 Å². The van der Waals surface area contributed by atoms with Crippen molar-refractivity contribution in [3.63, 3.8) is 0 Å². The van der Waals surface area contributed by atoms with Gasteiger partial charge in [0.1, 0.15) is 22.5 Å². The van der Waals surface area contributed by atoms with Crippen molar-refractivity contribution in [2.24, 2.45) is 0 Å². The quantitative estimate of drug-likeness (QED) is 0.438. The van der Waals surface area contributed by atoms with Crippen molar-refractivity contribution in [1.29, 1.82) is 5.26 Å². The highest BCUT2D eigenvalue weighted by Gasteiger charge is 2.18. The number of thioether (sulfide) groups is 1. The maximum Gasteiger partial charge on any atom is 0.174 e. The van der Waals surface area contributed by atoms with Crippen molar-refractivity contribution in [3.05, 3.63) is 63.4 Å². The van der Waals surface area contributed by atoms with Crippen molar-refractivity contribution in [1.82, 2.24) is 9.55 Å². The van der Waals surface area contributed by atoms with Gasteiger partial charge < -0.3 is 16.0 Å². The van der Waals surface area contributed by atoms with Crippen LogP contribution < -0.4 is 11.5 Å². The number of aryl methyl sites for hydroxylation is 1. The number of Topliss-reactive ketones (excluding diaryl/α,β-unsaturated/α-hetero) is 1. The summed E-state index contributed by atoms with van der Waals surface area (Å²) < 4.78 is 3.04. The molecule has 0 aliphatic rings. The number of anilines is 2. The lowest BCUT2D eigenvalue weighted by atomic mass is 10.2. The first-order valence-corrected chi connectivity index (χ1v) is 10.2. The number of carbonyl (C=O) groups excluding carboxylic acids is 1. The SMILES string of the molecule is Cc1cc(C(=O)CSc2nc(N)cc(N)c2C#N)c(C)n1-c1ccc(Br)cc1. The van der Waals surface area contributed by atoms with E-state index in [-0.39, 0.29) is 28.6 Å². The molecule has 6 nitrogen and oxygen atoms in total. The molecule has 8 heteroatoms. The zero-order valence-corrected chi connectivity index (χ0v) is 17.8. The van der Waals surface area contributed by atoms with Crippen LogP contribution in [0, 0.1) is 25.2 Å². The van der Waals surface area contributed by atoms with Gasteiger partial charge in [-0.05, 0) is 44.2 Å². The number of nitrogens with zero attached hydrogens (tertiary/aromatic N) is 3. The number of halogens is 1. The molecule has 142 valence electrons. The van der Waals surface area contributed by atoms with Gasteiger partial charge in [-0.1, -0.05) is 27.7 Å². The molecule has 0 saturated carbocycles. The summed E-state index contributed by atoms with van der Waals surface area (Å²) in [4.78, 5) is 17.0. The summed E-state index contributed by atoms with van der Waals surface area (Å²) in [5.41, 5.74) is 15.5. The smallest absolute Gasteiger partial charge is 0.174 e. The van der Waals surface area contributed by atoms with Crippen molar-refractivity contribution >= 4 is 45.0 Å². The Bertz CT molecular complexity index is 1100. The number of pyridine rings is 1. The van der Waals surface area contributed by atoms with Crippen LogP contribution in [0.25, 0.3) is 5.69 Å². The molecule has 0 bridgehead atoms. The molecule has 0 aliphatic heterocycles. The van der Waals surface area contributed by atoms with Gasteiger partial charge in [0, 0.05) is 33.2 Å². The zero-order chi connectivity index (χ0) is 20.4. The van der Waals surface area contributed by atoms with Crippen LogP contribution in [0.1, 0.15) is 27.3 Å². The van der Waals surface area contributed by atoms with Gasteiger partial charge in [-0.3, -0.25) is 4.79 Å². The molecule has 0 saturated heterocycles. The molecule has 0 unspecified atom stereocenters. The summed E-state index contributed by atoms with van der Waals surface area (Å²) in [5, 5.41) is 9.66. The van der Waals surface area contributed by atoms with Gasteiger partial charge >= 0.3 is 0 Å². The molecule has 28 heavy (non-hydrogen) atoms. The second-order valence-corrected chi connectivity index (χ2v) is 8.12. The van der Waals surface area contributed by atoms with Crippen molar-refractivity contribution in [2.75, 3.05) is 17.2 Å². The first kappa shape index (κ1) is 20.0. The highest BCUT2D eigenvalue weighted by atomic mass is 79.9. The van der Waals surface area contributed by atoms with Crippen LogP contribution >= 0.6 is 27.7 Å². The molecule has 0 radical (unpaired) electrons. The Morgan fingerprint density at radius 1 is 1.25 bits per heavy atom. The number of nitrogens with two attached hydrogens (primary N) is 2. The molecular formula is C20H18BrN5OS. The third-order valence-electron chi connectivity index (χ3n) is 4.30. The summed E-state index contributed by atoms with van der Waals surface area (Å²) in [5.74, 6) is 0.308. The van der Waals surface area contributed by atoms with E-state index in [1.807, 2.05) is 54.8 Å². The number of benzene rings is 1. The molecule has 0 spiro atoms. The monoisotopic (exact) mass is 455 g/mol. The van der Waals surface area contributed by atoms with Gasteiger partial charge in [-0.25, -0.2) is 4.98 Å².